The number of amides is 2. The lowest BCUT2D eigenvalue weighted by molar-refractivity contribution is 0.0675. The minimum absolute atomic E-state index is 0.230. The van der Waals surface area contributed by atoms with Gasteiger partial charge in [-0.25, -0.2) is 9.78 Å². The first kappa shape index (κ1) is 19.6. The minimum atomic E-state index is -3.20. The smallest absolute Gasteiger partial charge is 0.360 e. The molecule has 0 aromatic carbocycles. The summed E-state index contributed by atoms with van der Waals surface area (Å²) >= 11 is 0. The Labute approximate surface area is 139 Å². The summed E-state index contributed by atoms with van der Waals surface area (Å²) in [5, 5.41) is 2.86. The maximum Gasteiger partial charge on any atom is 0.636 e. The van der Waals surface area contributed by atoms with Gasteiger partial charge >= 0.3 is 15.0 Å². The summed E-state index contributed by atoms with van der Waals surface area (Å²) in [6.45, 7) is 5.77. The largest absolute Gasteiger partial charge is 0.636 e. The van der Waals surface area contributed by atoms with Crippen molar-refractivity contribution in [2.24, 2.45) is 0 Å². The number of aromatic nitrogens is 2. The average Bonchev–Trinajstić information content (AvgIpc) is 2.98. The van der Waals surface area contributed by atoms with E-state index >= 15 is 0 Å². The summed E-state index contributed by atoms with van der Waals surface area (Å²) in [6.07, 6.45) is 5.28. The molecule has 0 aliphatic heterocycles. The predicted molar refractivity (Wildman–Crippen MR) is 88.8 cm³/mol. The van der Waals surface area contributed by atoms with E-state index in [1.54, 1.807) is 10.8 Å². The molecule has 0 aliphatic carbocycles. The number of carbonyl (C=O) groups excluding carboxylic acids is 1. The van der Waals surface area contributed by atoms with Gasteiger partial charge in [0.1, 0.15) is 5.82 Å². The highest BCUT2D eigenvalue weighted by Gasteiger charge is 2.49. The van der Waals surface area contributed by atoms with Gasteiger partial charge in [0.15, 0.2) is 0 Å². The first-order valence-electron chi connectivity index (χ1n) is 7.73. The molecule has 0 saturated heterocycles. The fraction of sp³-hybridized carbons (Fsp3) is 0.714. The Morgan fingerprint density at radius 2 is 2.00 bits per heavy atom. The molecule has 0 spiro atoms. The van der Waals surface area contributed by atoms with Crippen LogP contribution in [-0.2, 0) is 19.8 Å². The molecule has 0 fully saturated rings. The van der Waals surface area contributed by atoms with Gasteiger partial charge in [0.25, 0.3) is 0 Å². The number of urea groups is 1. The van der Waals surface area contributed by atoms with Crippen molar-refractivity contribution in [3.63, 3.8) is 0 Å². The van der Waals surface area contributed by atoms with Gasteiger partial charge in [-0.1, -0.05) is 6.92 Å². The zero-order valence-electron chi connectivity index (χ0n) is 14.7. The van der Waals surface area contributed by atoms with Crippen LogP contribution in [0.5, 0.6) is 0 Å². The van der Waals surface area contributed by atoms with Gasteiger partial charge < -0.3 is 23.2 Å². The second kappa shape index (κ2) is 9.66. The van der Waals surface area contributed by atoms with Crippen molar-refractivity contribution >= 4 is 15.0 Å². The van der Waals surface area contributed by atoms with Gasteiger partial charge in [0.05, 0.1) is 0 Å². The number of hydrogen-bond donors (Lipinski definition) is 1. The molecule has 1 aromatic heterocycles. The lowest BCUT2D eigenvalue weighted by Gasteiger charge is -2.35. The van der Waals surface area contributed by atoms with Crippen LogP contribution in [0.2, 0.25) is 0 Å². The van der Waals surface area contributed by atoms with Gasteiger partial charge in [-0.3, -0.25) is 4.57 Å². The van der Waals surface area contributed by atoms with E-state index in [-0.39, 0.29) is 6.03 Å². The molecule has 0 radical (unpaired) electrons. The summed E-state index contributed by atoms with van der Waals surface area (Å²) in [6, 6.07) is -0.230. The summed E-state index contributed by atoms with van der Waals surface area (Å²) in [5.41, 5.74) is 0. The minimum Gasteiger partial charge on any atom is -0.360 e. The Kier molecular flexibility index (Phi) is 8.24. The van der Waals surface area contributed by atoms with E-state index < -0.39 is 8.97 Å². The highest BCUT2D eigenvalue weighted by Crippen LogP contribution is 2.14. The lowest BCUT2D eigenvalue weighted by Crippen LogP contribution is -2.64. The summed E-state index contributed by atoms with van der Waals surface area (Å²) in [4.78, 5) is 16.7. The first-order chi connectivity index (χ1) is 11.0. The fourth-order valence-electron chi connectivity index (χ4n) is 2.31. The van der Waals surface area contributed by atoms with Crippen molar-refractivity contribution in [2.75, 3.05) is 34.4 Å². The monoisotopic (exact) mass is 344 g/mol. The number of carbonyl (C=O) groups is 1. The van der Waals surface area contributed by atoms with Crippen molar-refractivity contribution in [2.45, 2.75) is 33.2 Å². The van der Waals surface area contributed by atoms with Crippen LogP contribution >= 0.6 is 0 Å². The van der Waals surface area contributed by atoms with Crippen molar-refractivity contribution in [1.82, 2.24) is 19.4 Å². The molecule has 132 valence electrons. The van der Waals surface area contributed by atoms with Crippen LogP contribution in [-0.4, -0.2) is 63.5 Å². The molecule has 2 amide bonds. The van der Waals surface area contributed by atoms with Gasteiger partial charge in [-0.15, -0.1) is 0 Å². The van der Waals surface area contributed by atoms with E-state index in [0.717, 1.165) is 25.2 Å². The average molecular weight is 344 g/mol. The molecule has 1 rings (SSSR count). The molecular weight excluding hydrogens is 316 g/mol. The quantitative estimate of drug-likeness (QED) is 0.649. The molecule has 0 unspecified atom stereocenters. The van der Waals surface area contributed by atoms with Crippen LogP contribution in [0.3, 0.4) is 0 Å². The zero-order valence-corrected chi connectivity index (χ0v) is 15.7. The Balaban J connectivity index is 2.77. The summed E-state index contributed by atoms with van der Waals surface area (Å²) in [5.74, 6) is 0.945. The SMILES string of the molecule is CCCNC(=O)N(CCCn1ccnc1C)[Si](OC)(OC)OC. The van der Waals surface area contributed by atoms with Crippen LogP contribution < -0.4 is 5.32 Å². The van der Waals surface area contributed by atoms with Crippen LogP contribution in [0.1, 0.15) is 25.6 Å². The molecule has 8 nitrogen and oxygen atoms in total. The van der Waals surface area contributed by atoms with E-state index in [1.807, 2.05) is 24.6 Å². The topological polar surface area (TPSA) is 77.9 Å². The van der Waals surface area contributed by atoms with E-state index in [0.29, 0.717) is 13.1 Å². The third-order valence-corrected chi connectivity index (χ3v) is 6.22. The Hall–Kier alpha value is -1.42. The number of nitrogens with zero attached hydrogens (tertiary/aromatic N) is 3. The Bertz CT molecular complexity index is 471. The van der Waals surface area contributed by atoms with E-state index in [9.17, 15) is 4.79 Å². The normalized spacial score (nSPS) is 11.5. The van der Waals surface area contributed by atoms with Crippen LogP contribution in [0.15, 0.2) is 12.4 Å². The van der Waals surface area contributed by atoms with Gasteiger partial charge in [-0.2, -0.15) is 0 Å². The lowest BCUT2D eigenvalue weighted by atomic mass is 10.4. The molecule has 0 bridgehead atoms. The van der Waals surface area contributed by atoms with Crippen LogP contribution in [0.4, 0.5) is 4.79 Å². The van der Waals surface area contributed by atoms with Crippen molar-refractivity contribution in [3.8, 4) is 0 Å². The molecule has 1 N–H and O–H groups in total. The van der Waals surface area contributed by atoms with Gasteiger partial charge in [-0.05, 0) is 19.8 Å². The van der Waals surface area contributed by atoms with E-state index in [4.69, 9.17) is 13.3 Å². The second-order valence-electron chi connectivity index (χ2n) is 5.04. The number of imidazole rings is 1. The number of nitrogens with one attached hydrogen (secondary N) is 1. The number of aryl methyl sites for hydroxylation is 2. The standard InChI is InChI=1S/C14H28N4O4Si/c1-6-8-16-14(19)18(23(20-3,21-4)22-5)11-7-10-17-12-9-15-13(17)2/h9,12H,6-8,10-11H2,1-5H3,(H,16,19). The second-order valence-corrected chi connectivity index (χ2v) is 7.85. The maximum atomic E-state index is 12.5. The molecule has 1 aromatic rings. The maximum absolute atomic E-state index is 12.5. The van der Waals surface area contributed by atoms with E-state index in [1.165, 1.54) is 21.3 Å². The van der Waals surface area contributed by atoms with Crippen molar-refractivity contribution < 1.29 is 18.1 Å². The molecule has 1 heterocycles. The highest BCUT2D eigenvalue weighted by atomic mass is 28.4. The number of hydrogen-bond acceptors (Lipinski definition) is 5. The zero-order chi connectivity index (χ0) is 17.3. The third-order valence-electron chi connectivity index (χ3n) is 3.58. The fourth-order valence-corrected chi connectivity index (χ4v) is 4.23. The summed E-state index contributed by atoms with van der Waals surface area (Å²) in [7, 11) is 1.30. The van der Waals surface area contributed by atoms with E-state index in [2.05, 4.69) is 10.3 Å². The first-order valence-corrected chi connectivity index (χ1v) is 9.40. The highest BCUT2D eigenvalue weighted by molar-refractivity contribution is 6.60. The van der Waals surface area contributed by atoms with Gasteiger partial charge in [0.2, 0.25) is 0 Å². The predicted octanol–water partition coefficient (Wildman–Crippen LogP) is 1.38. The molecule has 0 atom stereocenters. The summed E-state index contributed by atoms with van der Waals surface area (Å²) < 4.78 is 19.9. The van der Waals surface area contributed by atoms with Crippen molar-refractivity contribution in [1.29, 1.82) is 0 Å². The Morgan fingerprint density at radius 1 is 1.35 bits per heavy atom. The molecular formula is C14H28N4O4Si. The van der Waals surface area contributed by atoms with Crippen LogP contribution in [0, 0.1) is 6.92 Å². The molecule has 0 aliphatic rings. The molecule has 9 heteroatoms. The Morgan fingerprint density at radius 3 is 2.48 bits per heavy atom. The van der Waals surface area contributed by atoms with Gasteiger partial charge in [0, 0.05) is 53.4 Å². The van der Waals surface area contributed by atoms with Crippen molar-refractivity contribution in [3.05, 3.63) is 18.2 Å². The van der Waals surface area contributed by atoms with Crippen LogP contribution in [0.25, 0.3) is 0 Å². The molecule has 23 heavy (non-hydrogen) atoms. The number of rotatable bonds is 10. The third kappa shape index (κ3) is 5.03. The molecule has 0 saturated carbocycles.